The van der Waals surface area contributed by atoms with Gasteiger partial charge in [-0.25, -0.2) is 0 Å². The molecule has 1 aliphatic rings. The highest BCUT2D eigenvalue weighted by Gasteiger charge is 2.55. The van der Waals surface area contributed by atoms with Crippen LogP contribution in [-0.4, -0.2) is 10.9 Å². The molecule has 160 valence electrons. The molecule has 0 spiro atoms. The van der Waals surface area contributed by atoms with E-state index in [0.717, 1.165) is 0 Å². The lowest BCUT2D eigenvalue weighted by Gasteiger charge is -2.41. The van der Waals surface area contributed by atoms with E-state index in [-0.39, 0.29) is 0 Å². The van der Waals surface area contributed by atoms with Crippen molar-refractivity contribution in [2.24, 2.45) is 0 Å². The van der Waals surface area contributed by atoms with Crippen molar-refractivity contribution < 1.29 is 0 Å². The minimum absolute atomic E-state index is 0.611. The van der Waals surface area contributed by atoms with Crippen LogP contribution in [0.3, 0.4) is 0 Å². The van der Waals surface area contributed by atoms with Crippen LogP contribution in [0.1, 0.15) is 25.7 Å². The third-order valence-electron chi connectivity index (χ3n) is 6.69. The van der Waals surface area contributed by atoms with Crippen molar-refractivity contribution >= 4 is 34.9 Å². The van der Waals surface area contributed by atoms with Crippen molar-refractivity contribution in [3.05, 3.63) is 121 Å². The van der Waals surface area contributed by atoms with Gasteiger partial charge in [-0.05, 0) is 67.8 Å². The molecule has 0 bridgehead atoms. The molecule has 4 aromatic rings. The lowest BCUT2D eigenvalue weighted by Crippen LogP contribution is -2.44. The van der Waals surface area contributed by atoms with Crippen molar-refractivity contribution in [2.75, 3.05) is 0 Å². The molecule has 1 saturated carbocycles. The van der Waals surface area contributed by atoms with Gasteiger partial charge in [0.25, 0.3) is 0 Å². The second-order valence-corrected chi connectivity index (χ2v) is 13.5. The van der Waals surface area contributed by atoms with Gasteiger partial charge in [0.15, 0.2) is 0 Å². The van der Waals surface area contributed by atoms with Crippen LogP contribution in [0.15, 0.2) is 126 Å². The second-order valence-electron chi connectivity index (χ2n) is 8.55. The van der Waals surface area contributed by atoms with Gasteiger partial charge < -0.3 is 0 Å². The summed E-state index contributed by atoms with van der Waals surface area (Å²) in [6.07, 6.45) is 5.24. The molecular formula is C30H30PS+. The van der Waals surface area contributed by atoms with Gasteiger partial charge in [-0.1, -0.05) is 79.2 Å². The van der Waals surface area contributed by atoms with E-state index >= 15 is 0 Å². The molecule has 0 saturated heterocycles. The summed E-state index contributed by atoms with van der Waals surface area (Å²) in [4.78, 5) is 1.40. The molecule has 1 aliphatic carbocycles. The van der Waals surface area contributed by atoms with Crippen LogP contribution < -0.4 is 15.9 Å². The Hall–Kier alpha value is -2.34. The fourth-order valence-corrected chi connectivity index (χ4v) is 12.5. The molecule has 0 amide bonds. The van der Waals surface area contributed by atoms with Crippen molar-refractivity contribution in [2.45, 2.75) is 41.5 Å². The Labute approximate surface area is 197 Å². The molecule has 4 aromatic carbocycles. The first kappa shape index (κ1) is 21.5. The van der Waals surface area contributed by atoms with Gasteiger partial charge in [-0.2, -0.15) is 0 Å². The van der Waals surface area contributed by atoms with Gasteiger partial charge in [0.05, 0.1) is 5.66 Å². The smallest absolute Gasteiger partial charge is 0.116 e. The molecule has 0 N–H and O–H groups in total. The van der Waals surface area contributed by atoms with Gasteiger partial charge in [0, 0.05) is 10.1 Å². The molecule has 0 radical (unpaired) electrons. The predicted octanol–water partition coefficient (Wildman–Crippen LogP) is 7.08. The largest absolute Gasteiger partial charge is 0.119 e. The molecule has 0 nitrogen and oxygen atoms in total. The van der Waals surface area contributed by atoms with Gasteiger partial charge in [0.2, 0.25) is 0 Å². The van der Waals surface area contributed by atoms with E-state index in [9.17, 15) is 0 Å². The number of hydrogen-bond donors (Lipinski definition) is 0. The number of hydrogen-bond acceptors (Lipinski definition) is 1. The topological polar surface area (TPSA) is 0 Å². The first-order valence-electron chi connectivity index (χ1n) is 11.7. The Balaban J connectivity index is 1.73. The summed E-state index contributed by atoms with van der Waals surface area (Å²) in [6.45, 7) is 0. The number of rotatable bonds is 6. The minimum atomic E-state index is -1.84. The SMILES string of the molecule is c1ccc(S[C@H]2CCCC[C@@H]2[P+](c2ccccc2)(c2ccccc2)c2ccccc2)cc1. The van der Waals surface area contributed by atoms with E-state index in [4.69, 9.17) is 0 Å². The van der Waals surface area contributed by atoms with Gasteiger partial charge in [-0.15, -0.1) is 11.8 Å². The maximum Gasteiger partial charge on any atom is 0.116 e. The van der Waals surface area contributed by atoms with E-state index in [1.165, 1.54) is 46.5 Å². The minimum Gasteiger partial charge on any atom is -0.119 e. The lowest BCUT2D eigenvalue weighted by atomic mass is 9.99. The highest BCUT2D eigenvalue weighted by atomic mass is 32.2. The fourth-order valence-electron chi connectivity index (χ4n) is 5.34. The molecule has 0 aromatic heterocycles. The molecule has 1 fully saturated rings. The van der Waals surface area contributed by atoms with Crippen molar-refractivity contribution in [3.8, 4) is 0 Å². The predicted molar refractivity (Wildman–Crippen MR) is 143 cm³/mol. The lowest BCUT2D eigenvalue weighted by molar-refractivity contribution is 0.523. The molecule has 0 heterocycles. The van der Waals surface area contributed by atoms with E-state index in [1.54, 1.807) is 0 Å². The first-order valence-corrected chi connectivity index (χ1v) is 14.4. The molecule has 5 rings (SSSR count). The third kappa shape index (κ3) is 4.17. The average Bonchev–Trinajstić information content (AvgIpc) is 2.88. The number of thioether (sulfide) groups is 1. The summed E-state index contributed by atoms with van der Waals surface area (Å²) >= 11 is 2.11. The Bertz CT molecular complexity index is 1000. The quantitative estimate of drug-likeness (QED) is 0.281. The highest BCUT2D eigenvalue weighted by Crippen LogP contribution is 2.65. The van der Waals surface area contributed by atoms with Crippen LogP contribution in [-0.2, 0) is 0 Å². The molecule has 32 heavy (non-hydrogen) atoms. The number of benzene rings is 4. The zero-order valence-electron chi connectivity index (χ0n) is 18.4. The Kier molecular flexibility index (Phi) is 6.77. The molecule has 2 heteroatoms. The summed E-state index contributed by atoms with van der Waals surface area (Å²) in [5, 5.41) is 5.16. The van der Waals surface area contributed by atoms with Crippen LogP contribution in [0.4, 0.5) is 0 Å². The second kappa shape index (κ2) is 10.1. The Morgan fingerprint density at radius 1 is 0.500 bits per heavy atom. The maximum atomic E-state index is 2.40. The van der Waals surface area contributed by atoms with Crippen molar-refractivity contribution in [1.29, 1.82) is 0 Å². The first-order chi connectivity index (χ1) is 15.9. The van der Waals surface area contributed by atoms with E-state index in [2.05, 4.69) is 133 Å². The van der Waals surface area contributed by atoms with E-state index in [0.29, 0.717) is 10.9 Å². The Morgan fingerprint density at radius 3 is 1.38 bits per heavy atom. The van der Waals surface area contributed by atoms with E-state index < -0.39 is 7.26 Å². The van der Waals surface area contributed by atoms with Gasteiger partial charge in [-0.3, -0.25) is 0 Å². The monoisotopic (exact) mass is 453 g/mol. The zero-order valence-corrected chi connectivity index (χ0v) is 20.1. The van der Waals surface area contributed by atoms with Gasteiger partial charge >= 0.3 is 0 Å². The van der Waals surface area contributed by atoms with Crippen molar-refractivity contribution in [3.63, 3.8) is 0 Å². The summed E-state index contributed by atoms with van der Waals surface area (Å²) < 4.78 is 0. The van der Waals surface area contributed by atoms with Crippen LogP contribution in [0.5, 0.6) is 0 Å². The molecular weight excluding hydrogens is 423 g/mol. The maximum absolute atomic E-state index is 2.40. The van der Waals surface area contributed by atoms with Crippen LogP contribution >= 0.6 is 19.0 Å². The highest BCUT2D eigenvalue weighted by molar-refractivity contribution is 8.02. The fraction of sp³-hybridized carbons (Fsp3) is 0.200. The Morgan fingerprint density at radius 2 is 0.906 bits per heavy atom. The molecule has 2 atom stereocenters. The van der Waals surface area contributed by atoms with Crippen LogP contribution in [0.25, 0.3) is 0 Å². The van der Waals surface area contributed by atoms with E-state index in [1.807, 2.05) is 0 Å². The summed E-state index contributed by atoms with van der Waals surface area (Å²) in [5.74, 6) is 0. The third-order valence-corrected chi connectivity index (χ3v) is 13.3. The van der Waals surface area contributed by atoms with Gasteiger partial charge in [0.1, 0.15) is 23.2 Å². The zero-order chi connectivity index (χ0) is 21.6. The molecule has 0 aliphatic heterocycles. The standard InChI is InChI=1S/C30H30PS/c1-5-15-25(16-6-1)31(26-17-7-2-8-18-26,27-19-9-3-10-20-27)29-23-13-14-24-30(29)32-28-21-11-4-12-22-28/h1-12,15-22,29-30H,13-14,23-24H2/q+1/t29-,30-/m0/s1. The summed E-state index contributed by atoms with van der Waals surface area (Å²) in [6, 6.07) is 45.3. The van der Waals surface area contributed by atoms with Crippen LogP contribution in [0, 0.1) is 0 Å². The van der Waals surface area contributed by atoms with Crippen LogP contribution in [0.2, 0.25) is 0 Å². The summed E-state index contributed by atoms with van der Waals surface area (Å²) in [5.41, 5.74) is 0.619. The van der Waals surface area contributed by atoms with Crippen molar-refractivity contribution in [1.82, 2.24) is 0 Å². The average molecular weight is 454 g/mol. The molecule has 0 unspecified atom stereocenters. The summed E-state index contributed by atoms with van der Waals surface area (Å²) in [7, 11) is -1.84. The normalized spacial score (nSPS) is 18.9.